The van der Waals surface area contributed by atoms with Gasteiger partial charge in [0.05, 0.1) is 16.3 Å². The Kier molecular flexibility index (Phi) is 4.57. The van der Waals surface area contributed by atoms with Crippen LogP contribution in [0.5, 0.6) is 0 Å². The summed E-state index contributed by atoms with van der Waals surface area (Å²) in [6.45, 7) is 11.5. The van der Waals surface area contributed by atoms with Crippen molar-refractivity contribution < 1.29 is 5.11 Å². The molecule has 2 rings (SSSR count). The highest BCUT2D eigenvalue weighted by Gasteiger charge is 2.36. The van der Waals surface area contributed by atoms with Crippen molar-refractivity contribution in [1.29, 1.82) is 0 Å². The van der Waals surface area contributed by atoms with Crippen molar-refractivity contribution in [2.45, 2.75) is 71.9 Å². The normalized spacial score (nSPS) is 22.7. The van der Waals surface area contributed by atoms with Crippen LogP contribution in [0.2, 0.25) is 0 Å². The van der Waals surface area contributed by atoms with Gasteiger partial charge in [0.1, 0.15) is 0 Å². The SMILES string of the molecule is Cc1nc(C)c(C(C)NCC2(O)CCC(C)(C)CC2)s1. The first-order valence-electron chi connectivity index (χ1n) is 7.61. The molecule has 0 aromatic carbocycles. The number of aryl methyl sites for hydroxylation is 2. The van der Waals surface area contributed by atoms with Gasteiger partial charge in [-0.3, -0.25) is 0 Å². The zero-order valence-electron chi connectivity index (χ0n) is 13.4. The minimum atomic E-state index is -0.530. The first kappa shape index (κ1) is 15.9. The Bertz CT molecular complexity index is 457. The fraction of sp³-hybridized carbons (Fsp3) is 0.812. The molecular formula is C16H28N2OS. The molecule has 1 aliphatic rings. The zero-order valence-corrected chi connectivity index (χ0v) is 14.2. The molecule has 1 saturated carbocycles. The van der Waals surface area contributed by atoms with Crippen LogP contribution >= 0.6 is 11.3 Å². The Balaban J connectivity index is 1.90. The predicted octanol–water partition coefficient (Wildman–Crippen LogP) is 3.74. The molecule has 4 heteroatoms. The van der Waals surface area contributed by atoms with Gasteiger partial charge in [0.2, 0.25) is 0 Å². The van der Waals surface area contributed by atoms with Gasteiger partial charge in [-0.15, -0.1) is 11.3 Å². The van der Waals surface area contributed by atoms with Crippen LogP contribution in [0.25, 0.3) is 0 Å². The van der Waals surface area contributed by atoms with E-state index in [0.29, 0.717) is 12.0 Å². The number of thiazole rings is 1. The molecule has 1 heterocycles. The van der Waals surface area contributed by atoms with Gasteiger partial charge >= 0.3 is 0 Å². The highest BCUT2D eigenvalue weighted by atomic mass is 32.1. The molecule has 0 saturated heterocycles. The fourth-order valence-corrected chi connectivity index (χ4v) is 3.91. The largest absolute Gasteiger partial charge is 0.389 e. The number of rotatable bonds is 4. The summed E-state index contributed by atoms with van der Waals surface area (Å²) < 4.78 is 0. The van der Waals surface area contributed by atoms with Crippen molar-refractivity contribution in [2.75, 3.05) is 6.54 Å². The Morgan fingerprint density at radius 1 is 1.25 bits per heavy atom. The average molecular weight is 296 g/mol. The highest BCUT2D eigenvalue weighted by molar-refractivity contribution is 7.11. The molecule has 3 nitrogen and oxygen atoms in total. The van der Waals surface area contributed by atoms with Crippen LogP contribution in [-0.2, 0) is 0 Å². The minimum Gasteiger partial charge on any atom is -0.389 e. The Morgan fingerprint density at radius 3 is 2.35 bits per heavy atom. The molecule has 0 radical (unpaired) electrons. The molecule has 0 spiro atoms. The van der Waals surface area contributed by atoms with Gasteiger partial charge in [-0.2, -0.15) is 0 Å². The highest BCUT2D eigenvalue weighted by Crippen LogP contribution is 2.40. The maximum atomic E-state index is 10.7. The smallest absolute Gasteiger partial charge is 0.0900 e. The summed E-state index contributed by atoms with van der Waals surface area (Å²) >= 11 is 1.75. The van der Waals surface area contributed by atoms with E-state index in [4.69, 9.17) is 0 Å². The van der Waals surface area contributed by atoms with E-state index in [1.807, 2.05) is 6.92 Å². The summed E-state index contributed by atoms with van der Waals surface area (Å²) in [5.41, 5.74) is 0.977. The molecule has 1 atom stereocenters. The van der Waals surface area contributed by atoms with E-state index < -0.39 is 5.60 Å². The van der Waals surface area contributed by atoms with Crippen LogP contribution in [0, 0.1) is 19.3 Å². The van der Waals surface area contributed by atoms with Crippen LogP contribution in [0.4, 0.5) is 0 Å². The zero-order chi connectivity index (χ0) is 15.0. The van der Waals surface area contributed by atoms with Crippen LogP contribution in [-0.4, -0.2) is 22.2 Å². The van der Waals surface area contributed by atoms with E-state index in [1.165, 1.54) is 4.88 Å². The second-order valence-electron chi connectivity index (χ2n) is 7.17. The topological polar surface area (TPSA) is 45.2 Å². The molecule has 1 aromatic heterocycles. The van der Waals surface area contributed by atoms with Crippen molar-refractivity contribution >= 4 is 11.3 Å². The van der Waals surface area contributed by atoms with Crippen molar-refractivity contribution in [2.24, 2.45) is 5.41 Å². The molecular weight excluding hydrogens is 268 g/mol. The minimum absolute atomic E-state index is 0.264. The Labute approximate surface area is 126 Å². The lowest BCUT2D eigenvalue weighted by atomic mass is 9.71. The third kappa shape index (κ3) is 3.80. The van der Waals surface area contributed by atoms with Gasteiger partial charge in [0, 0.05) is 17.5 Å². The van der Waals surface area contributed by atoms with Crippen molar-refractivity contribution in [3.8, 4) is 0 Å². The van der Waals surface area contributed by atoms with Crippen LogP contribution in [0.15, 0.2) is 0 Å². The van der Waals surface area contributed by atoms with Gasteiger partial charge in [-0.1, -0.05) is 13.8 Å². The third-order valence-electron chi connectivity index (χ3n) is 4.60. The van der Waals surface area contributed by atoms with Gasteiger partial charge in [-0.25, -0.2) is 4.98 Å². The van der Waals surface area contributed by atoms with Gasteiger partial charge in [0.25, 0.3) is 0 Å². The number of nitrogens with one attached hydrogen (secondary N) is 1. The Hall–Kier alpha value is -0.450. The molecule has 1 fully saturated rings. The lowest BCUT2D eigenvalue weighted by Crippen LogP contribution is -2.45. The molecule has 2 N–H and O–H groups in total. The number of nitrogens with zero attached hydrogens (tertiary/aromatic N) is 1. The summed E-state index contributed by atoms with van der Waals surface area (Å²) in [7, 11) is 0. The molecule has 20 heavy (non-hydrogen) atoms. The van der Waals surface area contributed by atoms with E-state index in [2.05, 4.69) is 38.0 Å². The monoisotopic (exact) mass is 296 g/mol. The summed E-state index contributed by atoms with van der Waals surface area (Å²) in [5, 5.41) is 15.3. The number of hydrogen-bond donors (Lipinski definition) is 2. The quantitative estimate of drug-likeness (QED) is 0.889. The van der Waals surface area contributed by atoms with Crippen LogP contribution < -0.4 is 5.32 Å². The number of aliphatic hydroxyl groups is 1. The maximum Gasteiger partial charge on any atom is 0.0900 e. The molecule has 1 unspecified atom stereocenters. The van der Waals surface area contributed by atoms with Crippen molar-refractivity contribution in [3.63, 3.8) is 0 Å². The van der Waals surface area contributed by atoms with E-state index in [0.717, 1.165) is 36.4 Å². The molecule has 114 valence electrons. The van der Waals surface area contributed by atoms with E-state index in [9.17, 15) is 5.11 Å². The van der Waals surface area contributed by atoms with Crippen molar-refractivity contribution in [3.05, 3.63) is 15.6 Å². The third-order valence-corrected chi connectivity index (χ3v) is 5.86. The van der Waals surface area contributed by atoms with Crippen molar-refractivity contribution in [1.82, 2.24) is 10.3 Å². The first-order valence-corrected chi connectivity index (χ1v) is 8.42. The van der Waals surface area contributed by atoms with E-state index >= 15 is 0 Å². The first-order chi connectivity index (χ1) is 9.21. The van der Waals surface area contributed by atoms with E-state index in [-0.39, 0.29) is 6.04 Å². The standard InChI is InChI=1S/C16H28N2OS/c1-11(14-12(2)18-13(3)20-14)17-10-16(19)8-6-15(4,5)7-9-16/h11,17,19H,6-10H2,1-5H3. The molecule has 1 aromatic rings. The summed E-state index contributed by atoms with van der Waals surface area (Å²) in [4.78, 5) is 5.77. The lowest BCUT2D eigenvalue weighted by Gasteiger charge is -2.40. The summed E-state index contributed by atoms with van der Waals surface area (Å²) in [6, 6.07) is 0.264. The predicted molar refractivity (Wildman–Crippen MR) is 85.2 cm³/mol. The van der Waals surface area contributed by atoms with Crippen LogP contribution in [0.3, 0.4) is 0 Å². The Morgan fingerprint density at radius 2 is 1.85 bits per heavy atom. The molecule has 0 bridgehead atoms. The number of hydrogen-bond acceptors (Lipinski definition) is 4. The maximum absolute atomic E-state index is 10.7. The molecule has 0 amide bonds. The molecule has 1 aliphatic carbocycles. The lowest BCUT2D eigenvalue weighted by molar-refractivity contribution is -0.0257. The second kappa shape index (κ2) is 5.74. The van der Waals surface area contributed by atoms with E-state index in [1.54, 1.807) is 11.3 Å². The fourth-order valence-electron chi connectivity index (χ4n) is 2.95. The summed E-state index contributed by atoms with van der Waals surface area (Å²) in [5.74, 6) is 0. The average Bonchev–Trinajstić information content (AvgIpc) is 2.70. The van der Waals surface area contributed by atoms with Crippen LogP contribution in [0.1, 0.15) is 68.1 Å². The second-order valence-corrected chi connectivity index (χ2v) is 8.41. The van der Waals surface area contributed by atoms with Gasteiger partial charge in [0.15, 0.2) is 0 Å². The van der Waals surface area contributed by atoms with Gasteiger partial charge < -0.3 is 10.4 Å². The summed E-state index contributed by atoms with van der Waals surface area (Å²) in [6.07, 6.45) is 4.03. The molecule has 0 aliphatic heterocycles. The van der Waals surface area contributed by atoms with Gasteiger partial charge in [-0.05, 0) is 51.9 Å². The number of aromatic nitrogens is 1.